The molecule has 0 radical (unpaired) electrons. The van der Waals surface area contributed by atoms with Crippen LogP contribution in [0.4, 0.5) is 5.69 Å². The molecule has 3 rings (SSSR count). The summed E-state index contributed by atoms with van der Waals surface area (Å²) in [5.74, 6) is -0.306. The number of anilines is 1. The second-order valence-electron chi connectivity index (χ2n) is 5.42. The molecule has 0 saturated carbocycles. The number of hydrogen-bond donors (Lipinski definition) is 2. The van der Waals surface area contributed by atoms with Gasteiger partial charge in [-0.25, -0.2) is 4.98 Å². The summed E-state index contributed by atoms with van der Waals surface area (Å²) >= 11 is 1.25. The lowest BCUT2D eigenvalue weighted by Gasteiger charge is -2.07. The Hall–Kier alpha value is -3.01. The Morgan fingerprint density at radius 2 is 1.92 bits per heavy atom. The molecule has 1 unspecified atom stereocenters. The van der Waals surface area contributed by atoms with Gasteiger partial charge in [-0.05, 0) is 29.8 Å². The van der Waals surface area contributed by atoms with Gasteiger partial charge in [-0.2, -0.15) is 5.26 Å². The van der Waals surface area contributed by atoms with Crippen molar-refractivity contribution in [1.29, 1.82) is 5.26 Å². The number of nitriles is 1. The summed E-state index contributed by atoms with van der Waals surface area (Å²) in [6, 6.07) is 18.2. The van der Waals surface area contributed by atoms with E-state index in [4.69, 9.17) is 5.26 Å². The maximum atomic E-state index is 12.2. The summed E-state index contributed by atoms with van der Waals surface area (Å²) in [4.78, 5) is 16.4. The Morgan fingerprint density at radius 1 is 1.20 bits per heavy atom. The smallest absolute Gasteiger partial charge is 0.275 e. The second kappa shape index (κ2) is 7.71. The van der Waals surface area contributed by atoms with E-state index in [1.54, 1.807) is 41.8 Å². The minimum atomic E-state index is -0.795. The number of nitrogens with one attached hydrogen (secondary N) is 1. The number of carbonyl (C=O) groups is 1. The lowest BCUT2D eigenvalue weighted by atomic mass is 10.1. The number of thiazole rings is 1. The number of amides is 1. The molecule has 2 aromatic carbocycles. The summed E-state index contributed by atoms with van der Waals surface area (Å²) < 4.78 is 0. The predicted molar refractivity (Wildman–Crippen MR) is 96.3 cm³/mol. The molecule has 1 aromatic heterocycles. The SMILES string of the molecule is N#Cc1ccc(CC(O)c2nc(C(=O)Nc3ccccc3)cs2)cc1. The Morgan fingerprint density at radius 3 is 2.60 bits per heavy atom. The van der Waals surface area contributed by atoms with E-state index >= 15 is 0 Å². The van der Waals surface area contributed by atoms with Crippen molar-refractivity contribution in [3.05, 3.63) is 81.8 Å². The highest BCUT2D eigenvalue weighted by molar-refractivity contribution is 7.09. The van der Waals surface area contributed by atoms with Crippen LogP contribution < -0.4 is 5.32 Å². The Balaban J connectivity index is 1.65. The number of nitrogens with zero attached hydrogens (tertiary/aromatic N) is 2. The molecule has 5 nitrogen and oxygen atoms in total. The van der Waals surface area contributed by atoms with Gasteiger partial charge >= 0.3 is 0 Å². The maximum absolute atomic E-state index is 12.2. The molecule has 6 heteroatoms. The number of aliphatic hydroxyl groups excluding tert-OH is 1. The van der Waals surface area contributed by atoms with Crippen LogP contribution in [0.5, 0.6) is 0 Å². The Bertz CT molecular complexity index is 898. The first-order valence-corrected chi connectivity index (χ1v) is 8.52. The zero-order valence-corrected chi connectivity index (χ0v) is 14.0. The average molecular weight is 349 g/mol. The number of rotatable bonds is 5. The summed E-state index contributed by atoms with van der Waals surface area (Å²) in [5.41, 5.74) is 2.45. The molecule has 0 aliphatic rings. The summed E-state index contributed by atoms with van der Waals surface area (Å²) in [5, 5.41) is 24.0. The number of aliphatic hydroxyl groups is 1. The molecular formula is C19H15N3O2S. The molecule has 0 aliphatic heterocycles. The van der Waals surface area contributed by atoms with Gasteiger partial charge in [-0.15, -0.1) is 11.3 Å². The van der Waals surface area contributed by atoms with Crippen LogP contribution in [0.15, 0.2) is 60.0 Å². The normalized spacial score (nSPS) is 11.5. The first kappa shape index (κ1) is 16.8. The summed E-state index contributed by atoms with van der Waals surface area (Å²) in [6.45, 7) is 0. The van der Waals surface area contributed by atoms with Crippen LogP contribution in [0.1, 0.15) is 32.7 Å². The van der Waals surface area contributed by atoms with Crippen LogP contribution in [-0.2, 0) is 6.42 Å². The van der Waals surface area contributed by atoms with Crippen molar-refractivity contribution in [2.75, 3.05) is 5.32 Å². The number of benzene rings is 2. The van der Waals surface area contributed by atoms with Crippen molar-refractivity contribution in [2.45, 2.75) is 12.5 Å². The quantitative estimate of drug-likeness (QED) is 0.738. The summed E-state index contributed by atoms with van der Waals surface area (Å²) in [7, 11) is 0. The van der Waals surface area contributed by atoms with Crippen molar-refractivity contribution in [2.24, 2.45) is 0 Å². The number of aromatic nitrogens is 1. The monoisotopic (exact) mass is 349 g/mol. The molecular weight excluding hydrogens is 334 g/mol. The van der Waals surface area contributed by atoms with Gasteiger partial charge in [0.15, 0.2) is 0 Å². The van der Waals surface area contributed by atoms with Gasteiger partial charge in [-0.1, -0.05) is 30.3 Å². The van der Waals surface area contributed by atoms with Crippen molar-refractivity contribution in [3.8, 4) is 6.07 Å². The maximum Gasteiger partial charge on any atom is 0.275 e. The second-order valence-corrected chi connectivity index (χ2v) is 6.31. The van der Waals surface area contributed by atoms with E-state index in [-0.39, 0.29) is 11.6 Å². The van der Waals surface area contributed by atoms with E-state index in [9.17, 15) is 9.90 Å². The molecule has 0 aliphatic carbocycles. The van der Waals surface area contributed by atoms with Crippen molar-refractivity contribution < 1.29 is 9.90 Å². The lowest BCUT2D eigenvalue weighted by molar-refractivity contribution is 0.102. The first-order chi connectivity index (χ1) is 12.2. The number of hydrogen-bond acceptors (Lipinski definition) is 5. The van der Waals surface area contributed by atoms with Gasteiger partial charge in [0.05, 0.1) is 11.6 Å². The molecule has 2 N–H and O–H groups in total. The highest BCUT2D eigenvalue weighted by atomic mass is 32.1. The van der Waals surface area contributed by atoms with Gasteiger partial charge in [0.2, 0.25) is 0 Å². The van der Waals surface area contributed by atoms with Gasteiger partial charge in [-0.3, -0.25) is 4.79 Å². The van der Waals surface area contributed by atoms with Gasteiger partial charge in [0.1, 0.15) is 16.8 Å². The average Bonchev–Trinajstić information content (AvgIpc) is 3.14. The van der Waals surface area contributed by atoms with Gasteiger partial charge < -0.3 is 10.4 Å². The molecule has 0 fully saturated rings. The minimum Gasteiger partial charge on any atom is -0.386 e. The van der Waals surface area contributed by atoms with Crippen molar-refractivity contribution in [1.82, 2.24) is 4.98 Å². The fourth-order valence-electron chi connectivity index (χ4n) is 2.29. The zero-order chi connectivity index (χ0) is 17.6. The first-order valence-electron chi connectivity index (χ1n) is 7.64. The largest absolute Gasteiger partial charge is 0.386 e. The van der Waals surface area contributed by atoms with E-state index in [1.165, 1.54) is 11.3 Å². The highest BCUT2D eigenvalue weighted by Crippen LogP contribution is 2.23. The van der Waals surface area contributed by atoms with Crippen LogP contribution >= 0.6 is 11.3 Å². The van der Waals surface area contributed by atoms with Gasteiger partial charge in [0, 0.05) is 17.5 Å². The minimum absolute atomic E-state index is 0.280. The van der Waals surface area contributed by atoms with Crippen LogP contribution in [0.3, 0.4) is 0 Å². The van der Waals surface area contributed by atoms with E-state index < -0.39 is 6.10 Å². The standard InChI is InChI=1S/C19H15N3O2S/c20-11-14-8-6-13(7-9-14)10-17(23)19-22-16(12-25-19)18(24)21-15-4-2-1-3-5-15/h1-9,12,17,23H,10H2,(H,21,24). The highest BCUT2D eigenvalue weighted by Gasteiger charge is 2.17. The fraction of sp³-hybridized carbons (Fsp3) is 0.105. The molecule has 0 saturated heterocycles. The molecule has 1 amide bonds. The van der Waals surface area contributed by atoms with E-state index in [2.05, 4.69) is 16.4 Å². The third kappa shape index (κ3) is 4.29. The molecule has 1 heterocycles. The molecule has 124 valence electrons. The van der Waals surface area contributed by atoms with E-state index in [0.717, 1.165) is 5.56 Å². The Labute approximate surface area is 149 Å². The molecule has 0 bridgehead atoms. The Kier molecular flexibility index (Phi) is 5.19. The number of para-hydroxylation sites is 1. The van der Waals surface area contributed by atoms with Crippen LogP contribution in [-0.4, -0.2) is 16.0 Å². The molecule has 1 atom stereocenters. The predicted octanol–water partition coefficient (Wildman–Crippen LogP) is 3.54. The fourth-order valence-corrected chi connectivity index (χ4v) is 3.07. The molecule has 0 spiro atoms. The lowest BCUT2D eigenvalue weighted by Crippen LogP contribution is -2.12. The van der Waals surface area contributed by atoms with Crippen molar-refractivity contribution in [3.63, 3.8) is 0 Å². The number of carbonyl (C=O) groups excluding carboxylic acids is 1. The third-order valence-corrected chi connectivity index (χ3v) is 4.53. The molecule has 25 heavy (non-hydrogen) atoms. The van der Waals surface area contributed by atoms with Crippen molar-refractivity contribution >= 4 is 22.9 Å². The van der Waals surface area contributed by atoms with Crippen LogP contribution in [0.2, 0.25) is 0 Å². The van der Waals surface area contributed by atoms with E-state index in [0.29, 0.717) is 22.7 Å². The van der Waals surface area contributed by atoms with E-state index in [1.807, 2.05) is 18.2 Å². The zero-order valence-electron chi connectivity index (χ0n) is 13.2. The molecule has 3 aromatic rings. The summed E-state index contributed by atoms with van der Waals surface area (Å²) in [6.07, 6.45) is -0.421. The van der Waals surface area contributed by atoms with Crippen LogP contribution in [0, 0.1) is 11.3 Å². The van der Waals surface area contributed by atoms with Crippen LogP contribution in [0.25, 0.3) is 0 Å². The topological polar surface area (TPSA) is 86.0 Å². The third-order valence-electron chi connectivity index (χ3n) is 3.58. The van der Waals surface area contributed by atoms with Gasteiger partial charge in [0.25, 0.3) is 5.91 Å².